The largest absolute Gasteiger partial charge is 0.376 e. The van der Waals surface area contributed by atoms with Gasteiger partial charge < -0.3 is 15.0 Å². The van der Waals surface area contributed by atoms with Crippen LogP contribution < -0.4 is 10.0 Å². The van der Waals surface area contributed by atoms with Gasteiger partial charge in [0, 0.05) is 32.2 Å². The number of rotatable bonds is 13. The molecule has 0 unspecified atom stereocenters. The second-order valence-corrected chi connectivity index (χ2v) is 12.5. The number of hydrogen-bond donors (Lipinski definition) is 2. The second-order valence-electron chi connectivity index (χ2n) is 10.7. The number of benzene rings is 3. The van der Waals surface area contributed by atoms with Crippen LogP contribution in [0.1, 0.15) is 54.8 Å². The third kappa shape index (κ3) is 8.03. The van der Waals surface area contributed by atoms with Crippen LogP contribution in [0, 0.1) is 0 Å². The summed E-state index contributed by atoms with van der Waals surface area (Å²) in [5.41, 5.74) is 2.51. The van der Waals surface area contributed by atoms with Crippen molar-refractivity contribution in [1.29, 1.82) is 0 Å². The zero-order valence-corrected chi connectivity index (χ0v) is 23.9. The fourth-order valence-corrected chi connectivity index (χ4v) is 6.35. The van der Waals surface area contributed by atoms with Crippen molar-refractivity contribution in [1.82, 2.24) is 14.9 Å². The number of amides is 2. The first-order valence-electron chi connectivity index (χ1n) is 14.3. The van der Waals surface area contributed by atoms with Gasteiger partial charge in [-0.25, -0.2) is 13.1 Å². The quantitative estimate of drug-likeness (QED) is 0.319. The maximum Gasteiger partial charge on any atom is 0.247 e. The first-order chi connectivity index (χ1) is 19.9. The molecule has 0 bridgehead atoms. The van der Waals surface area contributed by atoms with Crippen LogP contribution in [0.4, 0.5) is 0 Å². The standard InChI is InChI=1S/C32H37N3O5S/c36-30(20-15-24-13-18-29(19-14-24)41(38,39)34-27-16-17-27)35(23-25-8-3-1-4-9-25)31(26-10-5-2-6-11-26)32(37)33-22-28-12-7-21-40-28/h1-6,8-11,13-14,18-19,27-28,31,34H,7,12,15-17,20-23H2,(H,33,37)/t28-,31-/m0/s1. The summed E-state index contributed by atoms with van der Waals surface area (Å²) in [5.74, 6) is -0.407. The predicted molar refractivity (Wildman–Crippen MR) is 156 cm³/mol. The molecule has 1 saturated carbocycles. The smallest absolute Gasteiger partial charge is 0.247 e. The van der Waals surface area contributed by atoms with Gasteiger partial charge in [-0.2, -0.15) is 0 Å². The zero-order chi connectivity index (χ0) is 28.7. The van der Waals surface area contributed by atoms with Crippen molar-refractivity contribution in [3.63, 3.8) is 0 Å². The predicted octanol–water partition coefficient (Wildman–Crippen LogP) is 4.13. The average molecular weight is 576 g/mol. The SMILES string of the molecule is O=C(NC[C@@H]1CCCO1)[C@H](c1ccccc1)N(Cc1ccccc1)C(=O)CCc1ccc(S(=O)(=O)NC2CC2)cc1. The Hall–Kier alpha value is -3.53. The maximum atomic E-state index is 13.9. The van der Waals surface area contributed by atoms with Crippen molar-refractivity contribution in [2.24, 2.45) is 0 Å². The Morgan fingerprint density at radius 2 is 1.56 bits per heavy atom. The highest BCUT2D eigenvalue weighted by Crippen LogP contribution is 2.26. The Morgan fingerprint density at radius 1 is 0.878 bits per heavy atom. The van der Waals surface area contributed by atoms with Crippen LogP contribution in [0.25, 0.3) is 0 Å². The molecule has 3 aromatic carbocycles. The number of nitrogens with zero attached hydrogens (tertiary/aromatic N) is 1. The molecule has 1 aliphatic heterocycles. The molecule has 1 aliphatic carbocycles. The van der Waals surface area contributed by atoms with Crippen molar-refractivity contribution in [2.75, 3.05) is 13.2 Å². The van der Waals surface area contributed by atoms with E-state index in [4.69, 9.17) is 4.74 Å². The van der Waals surface area contributed by atoms with E-state index in [0.717, 1.165) is 42.4 Å². The molecule has 2 atom stereocenters. The van der Waals surface area contributed by atoms with Gasteiger partial charge in [-0.05, 0) is 60.9 Å². The van der Waals surface area contributed by atoms with E-state index in [1.807, 2.05) is 60.7 Å². The van der Waals surface area contributed by atoms with E-state index in [1.54, 1.807) is 29.2 Å². The lowest BCUT2D eigenvalue weighted by atomic mass is 10.0. The van der Waals surface area contributed by atoms with Crippen LogP contribution in [0.15, 0.2) is 89.8 Å². The van der Waals surface area contributed by atoms with E-state index in [-0.39, 0.29) is 41.8 Å². The summed E-state index contributed by atoms with van der Waals surface area (Å²) in [6.45, 7) is 1.38. The van der Waals surface area contributed by atoms with Gasteiger partial charge in [0.25, 0.3) is 0 Å². The van der Waals surface area contributed by atoms with Gasteiger partial charge in [0.2, 0.25) is 21.8 Å². The van der Waals surface area contributed by atoms with E-state index in [2.05, 4.69) is 10.0 Å². The molecule has 2 fully saturated rings. The van der Waals surface area contributed by atoms with Crippen molar-refractivity contribution in [3.8, 4) is 0 Å². The van der Waals surface area contributed by atoms with Gasteiger partial charge in [-0.3, -0.25) is 9.59 Å². The number of aryl methyl sites for hydroxylation is 1. The highest BCUT2D eigenvalue weighted by atomic mass is 32.2. The molecule has 8 nitrogen and oxygen atoms in total. The highest BCUT2D eigenvalue weighted by molar-refractivity contribution is 7.89. The minimum Gasteiger partial charge on any atom is -0.376 e. The summed E-state index contributed by atoms with van der Waals surface area (Å²) >= 11 is 0. The van der Waals surface area contributed by atoms with Gasteiger partial charge in [0.05, 0.1) is 11.0 Å². The molecule has 2 aliphatic rings. The third-order valence-corrected chi connectivity index (χ3v) is 9.02. The van der Waals surface area contributed by atoms with Gasteiger partial charge in [-0.1, -0.05) is 72.8 Å². The van der Waals surface area contributed by atoms with E-state index >= 15 is 0 Å². The van der Waals surface area contributed by atoms with Crippen LogP contribution >= 0.6 is 0 Å². The molecule has 1 heterocycles. The van der Waals surface area contributed by atoms with Gasteiger partial charge >= 0.3 is 0 Å². The molecular weight excluding hydrogens is 538 g/mol. The Kier molecular flexibility index (Phi) is 9.49. The first kappa shape index (κ1) is 29.0. The molecule has 2 amide bonds. The van der Waals surface area contributed by atoms with Gasteiger partial charge in [-0.15, -0.1) is 0 Å². The topological polar surface area (TPSA) is 105 Å². The maximum absolute atomic E-state index is 13.9. The van der Waals surface area contributed by atoms with Crippen molar-refractivity contribution in [2.45, 2.75) is 68.2 Å². The number of sulfonamides is 1. The minimum absolute atomic E-state index is 0.0140. The molecule has 0 radical (unpaired) electrons. The summed E-state index contributed by atoms with van der Waals surface area (Å²) < 4.78 is 33.4. The van der Waals surface area contributed by atoms with E-state index in [0.29, 0.717) is 19.6 Å². The first-order valence-corrected chi connectivity index (χ1v) is 15.8. The van der Waals surface area contributed by atoms with E-state index < -0.39 is 16.1 Å². The number of nitrogens with one attached hydrogen (secondary N) is 2. The van der Waals surface area contributed by atoms with Gasteiger partial charge in [0.1, 0.15) is 6.04 Å². The lowest BCUT2D eigenvalue weighted by Gasteiger charge is -2.32. The number of carbonyl (C=O) groups is 2. The van der Waals surface area contributed by atoms with Crippen LogP contribution in [0.5, 0.6) is 0 Å². The molecule has 9 heteroatoms. The molecule has 0 aromatic heterocycles. The monoisotopic (exact) mass is 575 g/mol. The Morgan fingerprint density at radius 3 is 2.20 bits per heavy atom. The highest BCUT2D eigenvalue weighted by Gasteiger charge is 2.32. The van der Waals surface area contributed by atoms with E-state index in [1.165, 1.54) is 0 Å². The summed E-state index contributed by atoms with van der Waals surface area (Å²) in [5, 5.41) is 3.04. The van der Waals surface area contributed by atoms with Crippen molar-refractivity contribution < 1.29 is 22.7 Å². The molecule has 1 saturated heterocycles. The fraction of sp³-hybridized carbons (Fsp3) is 0.375. The third-order valence-electron chi connectivity index (χ3n) is 7.48. The van der Waals surface area contributed by atoms with Crippen molar-refractivity contribution in [3.05, 3.63) is 102 Å². The number of carbonyl (C=O) groups excluding carboxylic acids is 2. The van der Waals surface area contributed by atoms with E-state index in [9.17, 15) is 18.0 Å². The Bertz CT molecular complexity index is 1400. The summed E-state index contributed by atoms with van der Waals surface area (Å²) in [7, 11) is -3.53. The number of ether oxygens (including phenoxy) is 1. The van der Waals surface area contributed by atoms with Crippen LogP contribution in [0.2, 0.25) is 0 Å². The molecule has 216 valence electrons. The normalized spacial score (nSPS) is 17.6. The summed E-state index contributed by atoms with van der Waals surface area (Å²) in [6, 6.07) is 24.9. The molecule has 5 rings (SSSR count). The minimum atomic E-state index is -3.53. The molecular formula is C32H37N3O5S. The van der Waals surface area contributed by atoms with Crippen LogP contribution in [-0.2, 0) is 37.3 Å². The summed E-state index contributed by atoms with van der Waals surface area (Å²) in [6.07, 6.45) is 4.19. The Labute approximate surface area is 242 Å². The lowest BCUT2D eigenvalue weighted by Crippen LogP contribution is -2.45. The zero-order valence-electron chi connectivity index (χ0n) is 23.1. The van der Waals surface area contributed by atoms with Crippen molar-refractivity contribution >= 4 is 21.8 Å². The Balaban J connectivity index is 1.34. The molecule has 3 aromatic rings. The van der Waals surface area contributed by atoms with Crippen LogP contribution in [0.3, 0.4) is 0 Å². The average Bonchev–Trinajstić information content (AvgIpc) is 3.63. The molecule has 0 spiro atoms. The summed E-state index contributed by atoms with van der Waals surface area (Å²) in [4.78, 5) is 29.4. The molecule has 2 N–H and O–H groups in total. The van der Waals surface area contributed by atoms with Gasteiger partial charge in [0.15, 0.2) is 0 Å². The second kappa shape index (κ2) is 13.4. The fourth-order valence-electron chi connectivity index (χ4n) is 5.05. The molecule has 41 heavy (non-hydrogen) atoms. The lowest BCUT2D eigenvalue weighted by molar-refractivity contribution is -0.141. The number of hydrogen-bond acceptors (Lipinski definition) is 5. The van der Waals surface area contributed by atoms with Crippen LogP contribution in [-0.4, -0.2) is 50.4 Å².